The molecule has 5 heteroatoms. The van der Waals surface area contributed by atoms with Crippen molar-refractivity contribution in [2.75, 3.05) is 0 Å². The van der Waals surface area contributed by atoms with Gasteiger partial charge in [-0.15, -0.1) is 0 Å². The number of halogens is 1. The minimum absolute atomic E-state index is 0.125. The number of non-ortho nitro benzene ring substituents is 1. The maximum atomic E-state index is 10.7. The monoisotopic (exact) mass is 320 g/mol. The largest absolute Gasteiger partial charge is 0.309 e. The van der Waals surface area contributed by atoms with Crippen molar-refractivity contribution < 1.29 is 4.92 Å². The fourth-order valence-corrected chi connectivity index (χ4v) is 2.19. The Morgan fingerprint density at radius 3 is 2.63 bits per heavy atom. The van der Waals surface area contributed by atoms with Crippen LogP contribution < -0.4 is 5.32 Å². The Bertz CT molecular complexity index is 587. The van der Waals surface area contributed by atoms with Crippen LogP contribution in [0.3, 0.4) is 0 Å². The number of hydrogen-bond donors (Lipinski definition) is 1. The third-order valence-electron chi connectivity index (χ3n) is 2.72. The highest BCUT2D eigenvalue weighted by molar-refractivity contribution is 9.10. The highest BCUT2D eigenvalue weighted by atomic mass is 79.9. The van der Waals surface area contributed by atoms with Crippen molar-refractivity contribution in [3.05, 3.63) is 74.2 Å². The molecule has 2 rings (SSSR count). The number of nitro groups is 1. The van der Waals surface area contributed by atoms with Gasteiger partial charge in [-0.05, 0) is 17.2 Å². The second kappa shape index (κ2) is 6.45. The molecule has 0 spiro atoms. The molecule has 98 valence electrons. The van der Waals surface area contributed by atoms with E-state index in [2.05, 4.69) is 21.2 Å². The van der Waals surface area contributed by atoms with Gasteiger partial charge in [0, 0.05) is 29.7 Å². The average molecular weight is 321 g/mol. The maximum Gasteiger partial charge on any atom is 0.269 e. The minimum atomic E-state index is -0.378. The quantitative estimate of drug-likeness (QED) is 0.675. The normalized spacial score (nSPS) is 10.4. The van der Waals surface area contributed by atoms with Gasteiger partial charge in [0.25, 0.3) is 5.69 Å². The van der Waals surface area contributed by atoms with Gasteiger partial charge < -0.3 is 5.32 Å². The molecule has 0 aliphatic carbocycles. The molecule has 0 fully saturated rings. The van der Waals surface area contributed by atoms with Gasteiger partial charge in [0.15, 0.2) is 0 Å². The molecule has 4 nitrogen and oxygen atoms in total. The summed E-state index contributed by atoms with van der Waals surface area (Å²) in [6, 6.07) is 14.6. The molecular formula is C14H13BrN2O2. The Balaban J connectivity index is 1.94. The first kappa shape index (κ1) is 13.7. The van der Waals surface area contributed by atoms with E-state index >= 15 is 0 Å². The number of hydrogen-bond acceptors (Lipinski definition) is 3. The third kappa shape index (κ3) is 3.87. The van der Waals surface area contributed by atoms with Crippen molar-refractivity contribution in [2.45, 2.75) is 13.1 Å². The van der Waals surface area contributed by atoms with E-state index in [-0.39, 0.29) is 10.6 Å². The predicted molar refractivity (Wildman–Crippen MR) is 77.8 cm³/mol. The van der Waals surface area contributed by atoms with E-state index in [9.17, 15) is 10.1 Å². The summed E-state index contributed by atoms with van der Waals surface area (Å²) in [5.41, 5.74) is 2.19. The second-order valence-electron chi connectivity index (χ2n) is 4.12. The highest BCUT2D eigenvalue weighted by Gasteiger charge is 2.05. The van der Waals surface area contributed by atoms with E-state index in [1.807, 2.05) is 30.3 Å². The maximum absolute atomic E-state index is 10.7. The zero-order valence-electron chi connectivity index (χ0n) is 10.2. The number of rotatable bonds is 5. The molecule has 0 saturated carbocycles. The van der Waals surface area contributed by atoms with E-state index in [1.165, 1.54) is 6.07 Å². The molecule has 1 N–H and O–H groups in total. The molecule has 0 aromatic heterocycles. The van der Waals surface area contributed by atoms with Gasteiger partial charge in [0.1, 0.15) is 0 Å². The molecule has 0 saturated heterocycles. The van der Waals surface area contributed by atoms with Gasteiger partial charge in [0.05, 0.1) is 4.92 Å². The molecule has 0 aliphatic rings. The van der Waals surface area contributed by atoms with E-state index < -0.39 is 0 Å². The Morgan fingerprint density at radius 1 is 1.11 bits per heavy atom. The van der Waals surface area contributed by atoms with E-state index in [4.69, 9.17) is 0 Å². The average Bonchev–Trinajstić information content (AvgIpc) is 2.41. The fourth-order valence-electron chi connectivity index (χ4n) is 1.76. The molecule has 0 aliphatic heterocycles. The van der Waals surface area contributed by atoms with Gasteiger partial charge in [-0.2, -0.15) is 0 Å². The lowest BCUT2D eigenvalue weighted by Crippen LogP contribution is -2.13. The van der Waals surface area contributed by atoms with E-state index in [1.54, 1.807) is 12.1 Å². The van der Waals surface area contributed by atoms with Crippen molar-refractivity contribution in [3.63, 3.8) is 0 Å². The molecule has 0 atom stereocenters. The lowest BCUT2D eigenvalue weighted by molar-refractivity contribution is -0.384. The molecule has 0 heterocycles. The first-order valence-corrected chi connectivity index (χ1v) is 6.63. The van der Waals surface area contributed by atoms with Crippen LogP contribution in [0, 0.1) is 10.1 Å². The summed E-state index contributed by atoms with van der Waals surface area (Å²) in [6.07, 6.45) is 0. The molecule has 0 bridgehead atoms. The second-order valence-corrected chi connectivity index (χ2v) is 4.98. The first-order chi connectivity index (χ1) is 9.16. The molecule has 19 heavy (non-hydrogen) atoms. The summed E-state index contributed by atoms with van der Waals surface area (Å²) >= 11 is 3.48. The SMILES string of the molecule is O=[N+]([O-])c1cccc(CNCc2ccccc2Br)c1. The lowest BCUT2D eigenvalue weighted by atomic mass is 10.2. The predicted octanol–water partition coefficient (Wildman–Crippen LogP) is 3.65. The van der Waals surface area contributed by atoms with Crippen LogP contribution in [-0.2, 0) is 13.1 Å². The van der Waals surface area contributed by atoms with Crippen LogP contribution in [0.25, 0.3) is 0 Å². The van der Waals surface area contributed by atoms with Gasteiger partial charge in [-0.3, -0.25) is 10.1 Å². The van der Waals surface area contributed by atoms with Crippen LogP contribution in [0.5, 0.6) is 0 Å². The zero-order chi connectivity index (χ0) is 13.7. The molecule has 0 radical (unpaired) electrons. The first-order valence-electron chi connectivity index (χ1n) is 5.84. The van der Waals surface area contributed by atoms with Crippen molar-refractivity contribution in [1.82, 2.24) is 5.32 Å². The van der Waals surface area contributed by atoms with Crippen LogP contribution in [0.4, 0.5) is 5.69 Å². The fraction of sp³-hybridized carbons (Fsp3) is 0.143. The summed E-state index contributed by atoms with van der Waals surface area (Å²) in [7, 11) is 0. The number of nitrogens with one attached hydrogen (secondary N) is 1. The molecule has 0 unspecified atom stereocenters. The Labute approximate surface area is 119 Å². The molecule has 2 aromatic rings. The third-order valence-corrected chi connectivity index (χ3v) is 3.50. The van der Waals surface area contributed by atoms with Crippen molar-refractivity contribution in [3.8, 4) is 0 Å². The Kier molecular flexibility index (Phi) is 4.65. The highest BCUT2D eigenvalue weighted by Crippen LogP contribution is 2.16. The van der Waals surface area contributed by atoms with Crippen LogP contribution in [0.1, 0.15) is 11.1 Å². The smallest absolute Gasteiger partial charge is 0.269 e. The number of benzene rings is 2. The summed E-state index contributed by atoms with van der Waals surface area (Å²) in [5, 5.41) is 13.9. The van der Waals surface area contributed by atoms with Crippen LogP contribution in [0.2, 0.25) is 0 Å². The molecular weight excluding hydrogens is 308 g/mol. The Hall–Kier alpha value is -1.72. The van der Waals surface area contributed by atoms with Gasteiger partial charge in [-0.1, -0.05) is 46.3 Å². The van der Waals surface area contributed by atoms with Crippen LogP contribution in [0.15, 0.2) is 53.0 Å². The molecule has 2 aromatic carbocycles. The van der Waals surface area contributed by atoms with Crippen molar-refractivity contribution >= 4 is 21.6 Å². The van der Waals surface area contributed by atoms with Gasteiger partial charge in [-0.25, -0.2) is 0 Å². The van der Waals surface area contributed by atoms with E-state index in [0.717, 1.165) is 15.6 Å². The van der Waals surface area contributed by atoms with Crippen molar-refractivity contribution in [1.29, 1.82) is 0 Å². The van der Waals surface area contributed by atoms with E-state index in [0.29, 0.717) is 13.1 Å². The topological polar surface area (TPSA) is 55.2 Å². The lowest BCUT2D eigenvalue weighted by Gasteiger charge is -2.06. The minimum Gasteiger partial charge on any atom is -0.309 e. The van der Waals surface area contributed by atoms with Gasteiger partial charge >= 0.3 is 0 Å². The van der Waals surface area contributed by atoms with Crippen molar-refractivity contribution in [2.24, 2.45) is 0 Å². The number of nitro benzene ring substituents is 1. The summed E-state index contributed by atoms with van der Waals surface area (Å²) in [6.45, 7) is 1.31. The number of nitrogens with zero attached hydrogens (tertiary/aromatic N) is 1. The van der Waals surface area contributed by atoms with Crippen LogP contribution in [-0.4, -0.2) is 4.92 Å². The summed E-state index contributed by atoms with van der Waals surface area (Å²) in [4.78, 5) is 10.3. The summed E-state index contributed by atoms with van der Waals surface area (Å²) < 4.78 is 1.06. The summed E-state index contributed by atoms with van der Waals surface area (Å²) in [5.74, 6) is 0. The molecule has 0 amide bonds. The zero-order valence-corrected chi connectivity index (χ0v) is 11.8. The van der Waals surface area contributed by atoms with Crippen LogP contribution >= 0.6 is 15.9 Å². The standard InChI is InChI=1S/C14H13BrN2O2/c15-14-7-2-1-5-12(14)10-16-9-11-4-3-6-13(8-11)17(18)19/h1-8,16H,9-10H2. The van der Waals surface area contributed by atoms with Gasteiger partial charge in [0.2, 0.25) is 0 Å². The Morgan fingerprint density at radius 2 is 1.89 bits per heavy atom.